The Hall–Kier alpha value is -2.61. The zero-order chi connectivity index (χ0) is 21.3. The maximum atomic E-state index is 14.4. The van der Waals surface area contributed by atoms with Crippen molar-refractivity contribution in [3.63, 3.8) is 0 Å². The lowest BCUT2D eigenvalue weighted by Crippen LogP contribution is -2.39. The van der Waals surface area contributed by atoms with E-state index < -0.39 is 33.2 Å². The van der Waals surface area contributed by atoms with Crippen LogP contribution in [0.5, 0.6) is 0 Å². The highest BCUT2D eigenvalue weighted by Crippen LogP contribution is 2.32. The predicted octanol–water partition coefficient (Wildman–Crippen LogP) is 2.25. The standard InChI is InChI=1S/C19H22F2N4O3S/c1-11-4-5-12-16(29(27,24-11)10-28-3)9-25(2)18(12)19(26)23-15-7-6-14(20)13(8-22)17(15)21/h6-7,9,11,29H,4-5,10H2,1-3H3,(H,23,26)(H,24,27)/t11-/m0/s1. The Kier molecular flexibility index (Phi) is 5.84. The van der Waals surface area contributed by atoms with Crippen LogP contribution in [0.4, 0.5) is 14.5 Å². The van der Waals surface area contributed by atoms with Crippen molar-refractivity contribution in [3.8, 4) is 6.07 Å². The topological polar surface area (TPSA) is 96.2 Å². The van der Waals surface area contributed by atoms with Gasteiger partial charge in [-0.2, -0.15) is 5.26 Å². The highest BCUT2D eigenvalue weighted by Gasteiger charge is 2.32. The smallest absolute Gasteiger partial charge is 0.272 e. The normalized spacial score (nSPS) is 19.0. The van der Waals surface area contributed by atoms with Crippen molar-refractivity contribution in [1.29, 1.82) is 5.26 Å². The molecule has 1 aromatic carbocycles. The molecule has 1 atom stereocenters. The number of thiol groups is 1. The first kappa shape index (κ1) is 21.1. The van der Waals surface area contributed by atoms with Gasteiger partial charge in [-0.15, -0.1) is 0 Å². The van der Waals surface area contributed by atoms with Crippen LogP contribution in [0.25, 0.3) is 0 Å². The number of fused-ring (bicyclic) bond motifs is 1. The van der Waals surface area contributed by atoms with Crippen molar-refractivity contribution >= 4 is 21.7 Å². The Morgan fingerprint density at radius 3 is 2.86 bits per heavy atom. The Bertz CT molecular complexity index is 1060. The predicted molar refractivity (Wildman–Crippen MR) is 105 cm³/mol. The van der Waals surface area contributed by atoms with E-state index in [2.05, 4.69) is 10.0 Å². The van der Waals surface area contributed by atoms with Crippen LogP contribution in [0.1, 0.15) is 35.0 Å². The van der Waals surface area contributed by atoms with E-state index in [0.29, 0.717) is 23.3 Å². The molecule has 0 unspecified atom stereocenters. The van der Waals surface area contributed by atoms with Crippen LogP contribution < -0.4 is 10.0 Å². The van der Waals surface area contributed by atoms with Gasteiger partial charge in [-0.1, -0.05) is 0 Å². The van der Waals surface area contributed by atoms with Crippen molar-refractivity contribution in [2.45, 2.75) is 30.7 Å². The van der Waals surface area contributed by atoms with Gasteiger partial charge >= 0.3 is 0 Å². The summed E-state index contributed by atoms with van der Waals surface area (Å²) in [5, 5.41) is 11.3. The number of methoxy groups -OCH3 is 1. The second kappa shape index (κ2) is 8.02. The van der Waals surface area contributed by atoms with Crippen LogP contribution in [0.2, 0.25) is 0 Å². The molecular weight excluding hydrogens is 402 g/mol. The number of anilines is 1. The summed E-state index contributed by atoms with van der Waals surface area (Å²) in [5.41, 5.74) is -0.237. The number of halogens is 2. The van der Waals surface area contributed by atoms with Gasteiger partial charge in [0.15, 0.2) is 5.82 Å². The molecule has 0 saturated heterocycles. The quantitative estimate of drug-likeness (QED) is 0.656. The zero-order valence-electron chi connectivity index (χ0n) is 16.3. The minimum Gasteiger partial charge on any atom is -0.372 e. The van der Waals surface area contributed by atoms with Crippen molar-refractivity contribution in [2.24, 2.45) is 7.05 Å². The van der Waals surface area contributed by atoms with Gasteiger partial charge in [-0.25, -0.2) is 8.78 Å². The number of carbonyl (C=O) groups is 1. The van der Waals surface area contributed by atoms with Crippen LogP contribution in [0.3, 0.4) is 0 Å². The lowest BCUT2D eigenvalue weighted by molar-refractivity contribution is 0.101. The molecule has 156 valence electrons. The van der Waals surface area contributed by atoms with Crippen molar-refractivity contribution < 1.29 is 22.5 Å². The number of nitrogens with zero attached hydrogens (tertiary/aromatic N) is 2. The van der Waals surface area contributed by atoms with Crippen LogP contribution >= 0.6 is 0 Å². The van der Waals surface area contributed by atoms with E-state index in [4.69, 9.17) is 10.00 Å². The molecule has 29 heavy (non-hydrogen) atoms. The van der Waals surface area contributed by atoms with E-state index in [9.17, 15) is 17.8 Å². The SMILES string of the molecule is COC[SH]1(=O)N[C@@H](C)CCc2c1cn(C)c2C(=O)Nc1ccc(F)c(C#N)c1F. The highest BCUT2D eigenvalue weighted by molar-refractivity contribution is 8.01. The Balaban J connectivity index is 2.03. The van der Waals surface area contributed by atoms with Gasteiger partial charge in [0.1, 0.15) is 29.1 Å². The average Bonchev–Trinajstić information content (AvgIpc) is 2.94. The fourth-order valence-electron chi connectivity index (χ4n) is 3.59. The molecule has 0 fully saturated rings. The fraction of sp³-hybridized carbons (Fsp3) is 0.368. The second-order valence-corrected chi connectivity index (χ2v) is 9.51. The molecule has 0 aliphatic carbocycles. The number of benzene rings is 1. The minimum absolute atomic E-state index is 0.0203. The summed E-state index contributed by atoms with van der Waals surface area (Å²) < 4.78 is 51.2. The number of aryl methyl sites for hydroxylation is 1. The lowest BCUT2D eigenvalue weighted by Gasteiger charge is -2.25. The summed E-state index contributed by atoms with van der Waals surface area (Å²) in [6.45, 7) is 1.91. The first-order valence-corrected chi connectivity index (χ1v) is 10.8. The summed E-state index contributed by atoms with van der Waals surface area (Å²) in [6.07, 6.45) is 2.77. The van der Waals surface area contributed by atoms with Gasteiger partial charge in [-0.3, -0.25) is 13.7 Å². The summed E-state index contributed by atoms with van der Waals surface area (Å²) >= 11 is 0. The Labute approximate surface area is 168 Å². The van der Waals surface area contributed by atoms with E-state index >= 15 is 0 Å². The summed E-state index contributed by atoms with van der Waals surface area (Å²) in [5.74, 6) is -2.80. The zero-order valence-corrected chi connectivity index (χ0v) is 17.1. The van der Waals surface area contributed by atoms with Crippen molar-refractivity contribution in [3.05, 3.63) is 46.8 Å². The second-order valence-electron chi connectivity index (χ2n) is 7.03. The molecule has 1 aliphatic rings. The third kappa shape index (κ3) is 3.81. The number of amides is 1. The molecule has 0 spiro atoms. The third-order valence-electron chi connectivity index (χ3n) is 4.89. The molecule has 2 heterocycles. The summed E-state index contributed by atoms with van der Waals surface area (Å²) in [7, 11) is -0.0134. The van der Waals surface area contributed by atoms with Gasteiger partial charge in [0, 0.05) is 26.4 Å². The molecule has 0 saturated carbocycles. The molecule has 2 N–H and O–H groups in total. The number of ether oxygens (including phenoxy) is 1. The number of carbonyl (C=O) groups excluding carboxylic acids is 1. The average molecular weight is 424 g/mol. The maximum absolute atomic E-state index is 14.4. The van der Waals surface area contributed by atoms with Gasteiger partial charge in [0.2, 0.25) is 0 Å². The van der Waals surface area contributed by atoms with Gasteiger partial charge in [-0.05, 0) is 47.6 Å². The number of nitriles is 1. The molecule has 1 aliphatic heterocycles. The molecule has 1 amide bonds. The van der Waals surface area contributed by atoms with E-state index in [1.54, 1.807) is 13.2 Å². The Morgan fingerprint density at radius 2 is 2.21 bits per heavy atom. The van der Waals surface area contributed by atoms with Crippen LogP contribution in [-0.2, 0) is 28.3 Å². The number of nitrogens with one attached hydrogen (secondary N) is 2. The molecule has 0 bridgehead atoms. The van der Waals surface area contributed by atoms with Crippen LogP contribution in [0, 0.1) is 23.0 Å². The minimum atomic E-state index is -3.10. The molecule has 10 heteroatoms. The number of aromatic nitrogens is 1. The van der Waals surface area contributed by atoms with Crippen molar-refractivity contribution in [2.75, 3.05) is 18.4 Å². The fourth-order valence-corrected chi connectivity index (χ4v) is 6.16. The number of hydrogen-bond acceptors (Lipinski definition) is 4. The molecule has 0 radical (unpaired) electrons. The molecule has 2 aromatic rings. The summed E-state index contributed by atoms with van der Waals surface area (Å²) in [6, 6.07) is 3.38. The number of rotatable bonds is 4. The largest absolute Gasteiger partial charge is 0.372 e. The lowest BCUT2D eigenvalue weighted by atomic mass is 10.1. The van der Waals surface area contributed by atoms with E-state index in [-0.39, 0.29) is 23.4 Å². The molecule has 7 nitrogen and oxygen atoms in total. The van der Waals surface area contributed by atoms with Crippen molar-refractivity contribution in [1.82, 2.24) is 9.29 Å². The van der Waals surface area contributed by atoms with Gasteiger partial charge < -0.3 is 14.6 Å². The molecule has 3 rings (SSSR count). The van der Waals surface area contributed by atoms with Gasteiger partial charge in [0.05, 0.1) is 10.6 Å². The molecule has 1 aromatic heterocycles. The summed E-state index contributed by atoms with van der Waals surface area (Å²) in [4.78, 5) is 13.5. The van der Waals surface area contributed by atoms with Gasteiger partial charge in [0.25, 0.3) is 5.91 Å². The monoisotopic (exact) mass is 424 g/mol. The van der Waals surface area contributed by atoms with E-state index in [0.717, 1.165) is 12.1 Å². The highest BCUT2D eigenvalue weighted by atomic mass is 32.3. The van der Waals surface area contributed by atoms with E-state index in [1.165, 1.54) is 17.7 Å². The first-order chi connectivity index (χ1) is 13.7. The van der Waals surface area contributed by atoms with Crippen LogP contribution in [-0.4, -0.2) is 33.8 Å². The van der Waals surface area contributed by atoms with Crippen LogP contribution in [0.15, 0.2) is 23.2 Å². The molecular formula is C19H22F2N4O3S. The third-order valence-corrected chi connectivity index (χ3v) is 7.53. The Morgan fingerprint density at radius 1 is 1.48 bits per heavy atom. The maximum Gasteiger partial charge on any atom is 0.272 e. The first-order valence-electron chi connectivity index (χ1n) is 8.95. The number of hydrogen-bond donors (Lipinski definition) is 3. The van der Waals surface area contributed by atoms with E-state index in [1.807, 2.05) is 6.92 Å².